The fraction of sp³-hybridized carbons (Fsp3) is 0.667. The maximum Gasteiger partial charge on any atom is 0.303 e. The molecule has 0 aliphatic carbocycles. The van der Waals surface area contributed by atoms with Crippen molar-refractivity contribution in [3.63, 3.8) is 0 Å². The number of unbranched alkanes of at least 4 members (excludes halogenated alkanes) is 1. The van der Waals surface area contributed by atoms with Gasteiger partial charge < -0.3 is 10.4 Å². The van der Waals surface area contributed by atoms with Crippen LogP contribution in [0.3, 0.4) is 0 Å². The average Bonchev–Trinajstić information content (AvgIpc) is 2.03. The van der Waals surface area contributed by atoms with Gasteiger partial charge in [-0.05, 0) is 12.8 Å². The molecule has 0 aromatic rings. The highest BCUT2D eigenvalue weighted by Gasteiger charge is 1.96. The Labute approximate surface area is 70.6 Å². The summed E-state index contributed by atoms with van der Waals surface area (Å²) in [5.74, 6) is 4.16. The maximum atomic E-state index is 10.1. The Hall–Kier alpha value is -1.30. The Morgan fingerprint density at radius 2 is 2.17 bits per heavy atom. The van der Waals surface area contributed by atoms with Crippen molar-refractivity contribution in [1.29, 1.82) is 5.41 Å². The molecule has 0 aromatic carbocycles. The first kappa shape index (κ1) is 10.7. The zero-order valence-electron chi connectivity index (χ0n) is 6.76. The molecule has 0 unspecified atom stereocenters. The van der Waals surface area contributed by atoms with Crippen molar-refractivity contribution >= 4 is 11.9 Å². The van der Waals surface area contributed by atoms with E-state index >= 15 is 0 Å². The lowest BCUT2D eigenvalue weighted by atomic mass is 10.2. The Balaban J connectivity index is 3.11. The second kappa shape index (κ2) is 6.41. The van der Waals surface area contributed by atoms with Gasteiger partial charge in [0.15, 0.2) is 0 Å². The van der Waals surface area contributed by atoms with Crippen LogP contribution >= 0.6 is 0 Å². The van der Waals surface area contributed by atoms with Gasteiger partial charge in [-0.25, -0.2) is 5.84 Å². The first-order valence-electron chi connectivity index (χ1n) is 3.67. The van der Waals surface area contributed by atoms with E-state index in [9.17, 15) is 4.79 Å². The minimum absolute atomic E-state index is 0.0466. The lowest BCUT2D eigenvalue weighted by Crippen LogP contribution is -2.40. The van der Waals surface area contributed by atoms with Crippen molar-refractivity contribution in [3.05, 3.63) is 0 Å². The molecule has 70 valence electrons. The maximum absolute atomic E-state index is 10.1. The number of aliphatic carboxylic acids is 1. The minimum atomic E-state index is -0.790. The number of nitrogens with one attached hydrogen (secondary N) is 3. The van der Waals surface area contributed by atoms with Crippen LogP contribution in [0.1, 0.15) is 19.3 Å². The van der Waals surface area contributed by atoms with E-state index in [0.29, 0.717) is 13.0 Å². The number of rotatable bonds is 5. The van der Waals surface area contributed by atoms with E-state index in [-0.39, 0.29) is 12.4 Å². The summed E-state index contributed by atoms with van der Waals surface area (Å²) in [6.45, 7) is 0.566. The summed E-state index contributed by atoms with van der Waals surface area (Å²) < 4.78 is 0. The Bertz CT molecular complexity index is 160. The second-order valence-electron chi connectivity index (χ2n) is 2.30. The summed E-state index contributed by atoms with van der Waals surface area (Å²) in [6.07, 6.45) is 1.50. The molecule has 6 heteroatoms. The van der Waals surface area contributed by atoms with Crippen molar-refractivity contribution in [1.82, 2.24) is 10.7 Å². The van der Waals surface area contributed by atoms with Gasteiger partial charge in [-0.15, -0.1) is 0 Å². The van der Waals surface area contributed by atoms with Crippen LogP contribution in [0.4, 0.5) is 0 Å². The van der Waals surface area contributed by atoms with E-state index in [0.717, 1.165) is 6.42 Å². The van der Waals surface area contributed by atoms with E-state index < -0.39 is 5.97 Å². The summed E-state index contributed by atoms with van der Waals surface area (Å²) >= 11 is 0. The molecule has 0 amide bonds. The van der Waals surface area contributed by atoms with E-state index in [2.05, 4.69) is 10.7 Å². The van der Waals surface area contributed by atoms with Crippen LogP contribution in [0.15, 0.2) is 0 Å². The molecular formula is C6H14N4O2. The van der Waals surface area contributed by atoms with Gasteiger partial charge in [-0.1, -0.05) is 0 Å². The average molecular weight is 174 g/mol. The van der Waals surface area contributed by atoms with Crippen molar-refractivity contribution in [2.75, 3.05) is 6.54 Å². The molecule has 0 heterocycles. The molecule has 0 atom stereocenters. The summed E-state index contributed by atoms with van der Waals surface area (Å²) in [5, 5.41) is 17.9. The number of hydrogen-bond donors (Lipinski definition) is 5. The largest absolute Gasteiger partial charge is 0.481 e. The molecule has 6 nitrogen and oxygen atoms in total. The number of carbonyl (C=O) groups is 1. The third kappa shape index (κ3) is 6.81. The predicted octanol–water partition coefficient (Wildman–Crippen LogP) is -0.771. The highest BCUT2D eigenvalue weighted by atomic mass is 16.4. The zero-order valence-corrected chi connectivity index (χ0v) is 6.76. The first-order valence-corrected chi connectivity index (χ1v) is 3.67. The van der Waals surface area contributed by atoms with E-state index in [1.54, 1.807) is 0 Å². The van der Waals surface area contributed by atoms with Gasteiger partial charge >= 0.3 is 5.97 Å². The van der Waals surface area contributed by atoms with E-state index in [4.69, 9.17) is 16.4 Å². The van der Waals surface area contributed by atoms with Gasteiger partial charge in [0.25, 0.3) is 0 Å². The number of nitrogens with two attached hydrogens (primary N) is 1. The molecular weight excluding hydrogens is 160 g/mol. The lowest BCUT2D eigenvalue weighted by molar-refractivity contribution is -0.137. The molecule has 12 heavy (non-hydrogen) atoms. The normalized spacial score (nSPS) is 9.08. The number of guanidine groups is 1. The van der Waals surface area contributed by atoms with Crippen molar-refractivity contribution < 1.29 is 9.90 Å². The standard InChI is InChI=1S/C6H14N4O2/c7-6(10-8)9-4-2-1-3-5(11)12/h1-4,8H2,(H,11,12)(H3,7,9,10). The molecule has 0 saturated heterocycles. The van der Waals surface area contributed by atoms with Crippen molar-refractivity contribution in [2.45, 2.75) is 19.3 Å². The SMILES string of the molecule is N=C(NN)NCCCCC(=O)O. The number of hydrazine groups is 1. The highest BCUT2D eigenvalue weighted by molar-refractivity contribution is 5.75. The molecule has 0 aliphatic rings. The quantitative estimate of drug-likeness (QED) is 0.123. The minimum Gasteiger partial charge on any atom is -0.481 e. The van der Waals surface area contributed by atoms with Gasteiger partial charge in [0.2, 0.25) is 5.96 Å². The van der Waals surface area contributed by atoms with E-state index in [1.807, 2.05) is 0 Å². The van der Waals surface area contributed by atoms with Gasteiger partial charge in [0.05, 0.1) is 0 Å². The molecule has 0 aliphatic heterocycles. The van der Waals surface area contributed by atoms with Crippen LogP contribution in [-0.2, 0) is 4.79 Å². The van der Waals surface area contributed by atoms with Crippen LogP contribution in [0.2, 0.25) is 0 Å². The second-order valence-corrected chi connectivity index (χ2v) is 2.30. The third-order valence-corrected chi connectivity index (χ3v) is 1.26. The van der Waals surface area contributed by atoms with Crippen molar-refractivity contribution in [2.24, 2.45) is 5.84 Å². The zero-order chi connectivity index (χ0) is 9.40. The van der Waals surface area contributed by atoms with Gasteiger partial charge in [0, 0.05) is 13.0 Å². The molecule has 6 N–H and O–H groups in total. The van der Waals surface area contributed by atoms with Crippen LogP contribution in [0.5, 0.6) is 0 Å². The summed E-state index contributed by atoms with van der Waals surface area (Å²) in [5.41, 5.74) is 2.12. The lowest BCUT2D eigenvalue weighted by Gasteiger charge is -2.04. The highest BCUT2D eigenvalue weighted by Crippen LogP contribution is 1.92. The molecule has 0 aromatic heterocycles. The fourth-order valence-corrected chi connectivity index (χ4v) is 0.666. The molecule has 0 fully saturated rings. The fourth-order valence-electron chi connectivity index (χ4n) is 0.666. The number of carboxylic acid groups (broad SMARTS) is 1. The Morgan fingerprint density at radius 1 is 1.50 bits per heavy atom. The molecule has 0 rings (SSSR count). The molecule has 0 saturated carbocycles. The van der Waals surface area contributed by atoms with Crippen LogP contribution in [0, 0.1) is 5.41 Å². The van der Waals surface area contributed by atoms with Crippen molar-refractivity contribution in [3.8, 4) is 0 Å². The number of carboxylic acids is 1. The monoisotopic (exact) mass is 174 g/mol. The Kier molecular flexibility index (Phi) is 5.72. The van der Waals surface area contributed by atoms with Crippen LogP contribution in [0.25, 0.3) is 0 Å². The topological polar surface area (TPSA) is 111 Å². The van der Waals surface area contributed by atoms with E-state index in [1.165, 1.54) is 0 Å². The van der Waals surface area contributed by atoms with Gasteiger partial charge in [-0.2, -0.15) is 0 Å². The first-order chi connectivity index (χ1) is 5.66. The Morgan fingerprint density at radius 3 is 2.67 bits per heavy atom. The summed E-state index contributed by atoms with van der Waals surface area (Å²) in [7, 11) is 0. The smallest absolute Gasteiger partial charge is 0.303 e. The molecule has 0 spiro atoms. The van der Waals surface area contributed by atoms with Gasteiger partial charge in [0.1, 0.15) is 0 Å². The van der Waals surface area contributed by atoms with Crippen LogP contribution in [-0.4, -0.2) is 23.6 Å². The van der Waals surface area contributed by atoms with Crippen LogP contribution < -0.4 is 16.6 Å². The predicted molar refractivity (Wildman–Crippen MR) is 44.5 cm³/mol. The molecule has 0 radical (unpaired) electrons. The summed E-state index contributed by atoms with van der Waals surface area (Å²) in [6, 6.07) is 0. The number of hydrogen-bond acceptors (Lipinski definition) is 3. The van der Waals surface area contributed by atoms with Gasteiger partial charge in [-0.3, -0.25) is 15.6 Å². The summed E-state index contributed by atoms with van der Waals surface area (Å²) in [4.78, 5) is 10.1. The third-order valence-electron chi connectivity index (χ3n) is 1.26. The molecule has 0 bridgehead atoms.